The molecule has 0 aliphatic carbocycles. The Labute approximate surface area is 180 Å². The molecule has 0 unspecified atom stereocenters. The van der Waals surface area contributed by atoms with Gasteiger partial charge in [0.05, 0.1) is 24.3 Å². The first-order valence-electron chi connectivity index (χ1n) is 10.4. The second-order valence-electron chi connectivity index (χ2n) is 7.90. The summed E-state index contributed by atoms with van der Waals surface area (Å²) in [7, 11) is 0. The van der Waals surface area contributed by atoms with Crippen LogP contribution in [0.15, 0.2) is 29.4 Å². The van der Waals surface area contributed by atoms with Crippen LogP contribution in [0.25, 0.3) is 0 Å². The fraction of sp³-hybridized carbons (Fsp3) is 0.524. The van der Waals surface area contributed by atoms with Gasteiger partial charge in [0.15, 0.2) is 5.16 Å². The highest BCUT2D eigenvalue weighted by Gasteiger charge is 2.34. The first kappa shape index (κ1) is 20.9. The van der Waals surface area contributed by atoms with Crippen LogP contribution in [0.1, 0.15) is 41.0 Å². The van der Waals surface area contributed by atoms with Crippen LogP contribution in [0.3, 0.4) is 0 Å². The van der Waals surface area contributed by atoms with E-state index in [1.807, 2.05) is 0 Å². The predicted octanol–water partition coefficient (Wildman–Crippen LogP) is 2.55. The molecule has 0 saturated carbocycles. The number of ether oxygens (including phenoxy) is 1. The van der Waals surface area contributed by atoms with Gasteiger partial charge in [-0.15, -0.1) is 10.2 Å². The molecule has 0 spiro atoms. The van der Waals surface area contributed by atoms with Crippen molar-refractivity contribution < 1.29 is 14.3 Å². The minimum atomic E-state index is -0.196. The van der Waals surface area contributed by atoms with Crippen LogP contribution in [-0.4, -0.2) is 70.1 Å². The molecule has 2 aliphatic heterocycles. The third-order valence-electron chi connectivity index (χ3n) is 5.17. The molecule has 30 heavy (non-hydrogen) atoms. The molecule has 160 valence electrons. The molecule has 3 heterocycles. The van der Waals surface area contributed by atoms with Crippen molar-refractivity contribution in [2.45, 2.75) is 32.0 Å². The summed E-state index contributed by atoms with van der Waals surface area (Å²) in [5.41, 5.74) is 1.00. The Bertz CT molecular complexity index is 888. The summed E-state index contributed by atoms with van der Waals surface area (Å²) >= 11 is 1.63. The average molecular weight is 430 g/mol. The number of fused-ring (bicyclic) bond motifs is 1. The number of carbonyl (C=O) groups is 2. The molecular formula is C21H27N5O3S. The molecule has 0 atom stereocenters. The van der Waals surface area contributed by atoms with Gasteiger partial charge in [-0.25, -0.2) is 0 Å². The highest BCUT2D eigenvalue weighted by Crippen LogP contribution is 2.26. The predicted molar refractivity (Wildman–Crippen MR) is 115 cm³/mol. The lowest BCUT2D eigenvalue weighted by Crippen LogP contribution is -2.38. The van der Waals surface area contributed by atoms with Crippen molar-refractivity contribution in [3.63, 3.8) is 0 Å². The van der Waals surface area contributed by atoms with Crippen molar-refractivity contribution >= 4 is 29.5 Å². The number of amides is 2. The number of nitrogens with zero attached hydrogens (tertiary/aromatic N) is 5. The minimum absolute atomic E-state index is 0.196. The van der Waals surface area contributed by atoms with Gasteiger partial charge >= 0.3 is 0 Å². The molecule has 9 heteroatoms. The third kappa shape index (κ3) is 4.22. The summed E-state index contributed by atoms with van der Waals surface area (Å²) in [6, 6.07) is 7.01. The second-order valence-corrected chi connectivity index (χ2v) is 8.96. The van der Waals surface area contributed by atoms with Crippen molar-refractivity contribution in [2.24, 2.45) is 5.92 Å². The Morgan fingerprint density at radius 3 is 2.37 bits per heavy atom. The van der Waals surface area contributed by atoms with E-state index in [9.17, 15) is 9.59 Å². The number of hydrogen-bond donors (Lipinski definition) is 0. The van der Waals surface area contributed by atoms with E-state index in [0.717, 1.165) is 36.5 Å². The Morgan fingerprint density at radius 1 is 1.07 bits per heavy atom. The van der Waals surface area contributed by atoms with Gasteiger partial charge in [-0.05, 0) is 24.5 Å². The van der Waals surface area contributed by atoms with E-state index in [1.165, 1.54) is 4.90 Å². The zero-order chi connectivity index (χ0) is 21.1. The van der Waals surface area contributed by atoms with Crippen LogP contribution in [0.2, 0.25) is 0 Å². The molecule has 1 aromatic carbocycles. The number of aromatic nitrogens is 3. The summed E-state index contributed by atoms with van der Waals surface area (Å²) in [6.07, 6.45) is 0.706. The van der Waals surface area contributed by atoms with Crippen LogP contribution in [0, 0.1) is 5.92 Å². The highest BCUT2D eigenvalue weighted by atomic mass is 32.2. The normalized spacial score (nSPS) is 16.6. The van der Waals surface area contributed by atoms with Gasteiger partial charge < -0.3 is 9.64 Å². The van der Waals surface area contributed by atoms with Gasteiger partial charge in [0.25, 0.3) is 11.8 Å². The van der Waals surface area contributed by atoms with Crippen molar-refractivity contribution in [3.8, 4) is 0 Å². The molecule has 1 aromatic heterocycles. The van der Waals surface area contributed by atoms with Crippen LogP contribution < -0.4 is 4.90 Å². The molecule has 0 radical (unpaired) electrons. The zero-order valence-corrected chi connectivity index (χ0v) is 18.2. The third-order valence-corrected chi connectivity index (χ3v) is 6.23. The number of anilines is 1. The molecular weight excluding hydrogens is 402 g/mol. The average Bonchev–Trinajstić information content (AvgIpc) is 3.25. The minimum Gasteiger partial charge on any atom is -0.378 e. The fourth-order valence-corrected chi connectivity index (χ4v) is 4.60. The molecule has 1 saturated heterocycles. The molecule has 1 fully saturated rings. The number of rotatable bonds is 8. The first-order valence-corrected chi connectivity index (χ1v) is 11.4. The number of carbonyl (C=O) groups excluding carboxylic acids is 2. The number of thioether (sulfide) groups is 1. The van der Waals surface area contributed by atoms with E-state index in [2.05, 4.69) is 33.5 Å². The van der Waals surface area contributed by atoms with E-state index in [-0.39, 0.29) is 11.8 Å². The summed E-state index contributed by atoms with van der Waals surface area (Å²) < 4.78 is 7.64. The molecule has 2 amide bonds. The summed E-state index contributed by atoms with van der Waals surface area (Å²) in [5.74, 6) is 1.73. The molecule has 8 nitrogen and oxygen atoms in total. The topological polar surface area (TPSA) is 80.6 Å². The van der Waals surface area contributed by atoms with Gasteiger partial charge in [-0.3, -0.25) is 19.1 Å². The lowest BCUT2D eigenvalue weighted by atomic mass is 10.1. The number of morpholine rings is 1. The largest absolute Gasteiger partial charge is 0.378 e. The smallest absolute Gasteiger partial charge is 0.261 e. The van der Waals surface area contributed by atoms with Crippen molar-refractivity contribution in [3.05, 3.63) is 35.4 Å². The van der Waals surface area contributed by atoms with E-state index in [1.54, 1.807) is 36.0 Å². The molecule has 4 rings (SSSR count). The maximum Gasteiger partial charge on any atom is 0.261 e. The molecule has 2 aliphatic rings. The van der Waals surface area contributed by atoms with Gasteiger partial charge in [-0.1, -0.05) is 37.7 Å². The van der Waals surface area contributed by atoms with Gasteiger partial charge in [0, 0.05) is 31.9 Å². The molecule has 0 N–H and O–H groups in total. The fourth-order valence-electron chi connectivity index (χ4n) is 3.74. The van der Waals surface area contributed by atoms with Crippen molar-refractivity contribution in [2.75, 3.05) is 43.5 Å². The van der Waals surface area contributed by atoms with Crippen LogP contribution in [0.4, 0.5) is 5.95 Å². The molecule has 2 aromatic rings. The number of imide groups is 1. The highest BCUT2D eigenvalue weighted by molar-refractivity contribution is 7.99. The lowest BCUT2D eigenvalue weighted by Gasteiger charge is -2.28. The lowest BCUT2D eigenvalue weighted by molar-refractivity contribution is 0.0655. The van der Waals surface area contributed by atoms with Crippen molar-refractivity contribution in [1.29, 1.82) is 0 Å². The number of benzene rings is 1. The Morgan fingerprint density at radius 2 is 1.73 bits per heavy atom. The van der Waals surface area contributed by atoms with Crippen LogP contribution in [0.5, 0.6) is 0 Å². The SMILES string of the molecule is CC(C)Cn1c(SCCCN2C(=O)c3ccccc3C2=O)nnc1N1CCOCC1. The monoisotopic (exact) mass is 429 g/mol. The summed E-state index contributed by atoms with van der Waals surface area (Å²) in [5, 5.41) is 9.75. The first-order chi connectivity index (χ1) is 14.6. The Hall–Kier alpha value is -2.39. The standard InChI is InChI=1S/C21H27N5O3S/c1-15(2)14-26-20(24-9-11-29-12-10-24)22-23-21(26)30-13-5-8-25-18(27)16-6-3-4-7-17(16)19(25)28/h3-4,6-7,15H,5,8-14H2,1-2H3. The van der Waals surface area contributed by atoms with Crippen LogP contribution in [-0.2, 0) is 11.3 Å². The summed E-state index contributed by atoms with van der Waals surface area (Å²) in [4.78, 5) is 28.5. The van der Waals surface area contributed by atoms with Crippen molar-refractivity contribution in [1.82, 2.24) is 19.7 Å². The Kier molecular flexibility index (Phi) is 6.38. The Balaban J connectivity index is 1.37. The zero-order valence-electron chi connectivity index (χ0n) is 17.4. The van der Waals surface area contributed by atoms with E-state index >= 15 is 0 Å². The van der Waals surface area contributed by atoms with Gasteiger partial charge in [0.1, 0.15) is 0 Å². The van der Waals surface area contributed by atoms with Crippen LogP contribution >= 0.6 is 11.8 Å². The number of hydrogen-bond acceptors (Lipinski definition) is 7. The van der Waals surface area contributed by atoms with E-state index < -0.39 is 0 Å². The quantitative estimate of drug-likeness (QED) is 0.362. The van der Waals surface area contributed by atoms with E-state index in [4.69, 9.17) is 4.74 Å². The maximum atomic E-state index is 12.5. The molecule has 0 bridgehead atoms. The second kappa shape index (κ2) is 9.18. The van der Waals surface area contributed by atoms with Gasteiger partial charge in [0.2, 0.25) is 5.95 Å². The van der Waals surface area contributed by atoms with E-state index in [0.29, 0.717) is 43.2 Å². The summed E-state index contributed by atoms with van der Waals surface area (Å²) in [6.45, 7) is 8.67. The van der Waals surface area contributed by atoms with Gasteiger partial charge in [-0.2, -0.15) is 0 Å². The maximum absolute atomic E-state index is 12.5.